The van der Waals surface area contributed by atoms with E-state index >= 15 is 0 Å². The van der Waals surface area contributed by atoms with Crippen LogP contribution in [0.3, 0.4) is 0 Å². The van der Waals surface area contributed by atoms with Gasteiger partial charge in [0.1, 0.15) is 23.9 Å². The standard InChI is InChI=1S/C21H25NO3/c1-17(23)21(18-5-3-2-4-6-18)11-13-22(14-12-21)15-16-25-20-9-7-19(24)8-10-20/h2-10,24H,11-16H2,1H3. The van der Waals surface area contributed by atoms with Gasteiger partial charge in [0.15, 0.2) is 0 Å². The molecule has 0 aromatic heterocycles. The highest BCUT2D eigenvalue weighted by atomic mass is 16.5. The van der Waals surface area contributed by atoms with Crippen molar-refractivity contribution in [1.29, 1.82) is 0 Å². The van der Waals surface area contributed by atoms with Gasteiger partial charge in [-0.1, -0.05) is 30.3 Å². The summed E-state index contributed by atoms with van der Waals surface area (Å²) in [7, 11) is 0. The monoisotopic (exact) mass is 339 g/mol. The van der Waals surface area contributed by atoms with E-state index in [2.05, 4.69) is 17.0 Å². The Kier molecular flexibility index (Phi) is 5.39. The molecule has 3 rings (SSSR count). The highest BCUT2D eigenvalue weighted by Crippen LogP contribution is 2.36. The van der Waals surface area contributed by atoms with Crippen LogP contribution in [0.15, 0.2) is 54.6 Å². The van der Waals surface area contributed by atoms with Crippen molar-refractivity contribution in [3.63, 3.8) is 0 Å². The van der Waals surface area contributed by atoms with Gasteiger partial charge < -0.3 is 9.84 Å². The van der Waals surface area contributed by atoms with Crippen molar-refractivity contribution in [2.45, 2.75) is 25.2 Å². The highest BCUT2D eigenvalue weighted by molar-refractivity contribution is 5.88. The lowest BCUT2D eigenvalue weighted by molar-refractivity contribution is -0.124. The number of nitrogens with zero attached hydrogens (tertiary/aromatic N) is 1. The number of aromatic hydroxyl groups is 1. The van der Waals surface area contributed by atoms with Crippen LogP contribution in [-0.4, -0.2) is 42.0 Å². The van der Waals surface area contributed by atoms with Gasteiger partial charge in [-0.05, 0) is 62.7 Å². The van der Waals surface area contributed by atoms with Crippen LogP contribution in [-0.2, 0) is 10.2 Å². The van der Waals surface area contributed by atoms with Gasteiger partial charge in [0.05, 0.1) is 5.41 Å². The summed E-state index contributed by atoms with van der Waals surface area (Å²) in [5, 5.41) is 9.28. The van der Waals surface area contributed by atoms with E-state index in [-0.39, 0.29) is 16.9 Å². The SMILES string of the molecule is CC(=O)C1(c2ccccc2)CCN(CCOc2ccc(O)cc2)CC1. The number of Topliss-reactive ketones (excluding diaryl/α,β-unsaturated/α-hetero) is 1. The molecular formula is C21H25NO3. The number of piperidine rings is 1. The van der Waals surface area contributed by atoms with Crippen LogP contribution in [0, 0.1) is 0 Å². The lowest BCUT2D eigenvalue weighted by Crippen LogP contribution is -2.47. The number of phenolic OH excluding ortho intramolecular Hbond substituents is 1. The fourth-order valence-electron chi connectivity index (χ4n) is 3.59. The number of phenols is 1. The quantitative estimate of drug-likeness (QED) is 0.876. The zero-order chi connectivity index (χ0) is 17.7. The van der Waals surface area contributed by atoms with Crippen molar-refractivity contribution in [3.05, 3.63) is 60.2 Å². The Morgan fingerprint density at radius 2 is 1.72 bits per heavy atom. The lowest BCUT2D eigenvalue weighted by atomic mass is 9.70. The summed E-state index contributed by atoms with van der Waals surface area (Å²) in [4.78, 5) is 14.7. The Hall–Kier alpha value is -2.33. The van der Waals surface area contributed by atoms with Crippen LogP contribution >= 0.6 is 0 Å². The number of benzene rings is 2. The Bertz CT molecular complexity index is 689. The van der Waals surface area contributed by atoms with Gasteiger partial charge in [-0.2, -0.15) is 0 Å². The van der Waals surface area contributed by atoms with E-state index in [0.29, 0.717) is 6.61 Å². The smallest absolute Gasteiger partial charge is 0.140 e. The molecule has 0 aliphatic carbocycles. The molecule has 0 spiro atoms. The number of carbonyl (C=O) groups is 1. The largest absolute Gasteiger partial charge is 0.508 e. The molecule has 2 aromatic carbocycles. The van der Waals surface area contributed by atoms with Crippen molar-refractivity contribution in [1.82, 2.24) is 4.90 Å². The molecule has 1 aliphatic rings. The molecule has 1 fully saturated rings. The topological polar surface area (TPSA) is 49.8 Å². The molecule has 1 N–H and O–H groups in total. The van der Waals surface area contributed by atoms with Crippen molar-refractivity contribution in [2.75, 3.05) is 26.2 Å². The van der Waals surface area contributed by atoms with Crippen LogP contribution in [0.5, 0.6) is 11.5 Å². The number of ether oxygens (including phenoxy) is 1. The molecular weight excluding hydrogens is 314 g/mol. The Labute approximate surface area is 149 Å². The molecule has 2 aromatic rings. The maximum absolute atomic E-state index is 12.4. The molecule has 0 unspecified atom stereocenters. The van der Waals surface area contributed by atoms with Crippen LogP contribution < -0.4 is 4.74 Å². The summed E-state index contributed by atoms with van der Waals surface area (Å²) >= 11 is 0. The second-order valence-electron chi connectivity index (χ2n) is 6.69. The number of hydrogen-bond donors (Lipinski definition) is 1. The van der Waals surface area contributed by atoms with E-state index in [1.165, 1.54) is 0 Å². The van der Waals surface area contributed by atoms with Crippen LogP contribution in [0.4, 0.5) is 0 Å². The van der Waals surface area contributed by atoms with E-state index in [1.807, 2.05) is 18.2 Å². The fraction of sp³-hybridized carbons (Fsp3) is 0.381. The van der Waals surface area contributed by atoms with Crippen molar-refractivity contribution >= 4 is 5.78 Å². The van der Waals surface area contributed by atoms with Crippen LogP contribution in [0.1, 0.15) is 25.3 Å². The molecule has 0 amide bonds. The predicted octanol–water partition coefficient (Wildman–Crippen LogP) is 3.39. The van der Waals surface area contributed by atoms with Crippen molar-refractivity contribution in [3.8, 4) is 11.5 Å². The molecule has 1 saturated heterocycles. The van der Waals surface area contributed by atoms with Crippen LogP contribution in [0.25, 0.3) is 0 Å². The molecule has 0 saturated carbocycles. The Balaban J connectivity index is 1.54. The lowest BCUT2D eigenvalue weighted by Gasteiger charge is -2.40. The number of hydrogen-bond acceptors (Lipinski definition) is 4. The molecule has 0 atom stereocenters. The van der Waals surface area contributed by atoms with Gasteiger partial charge in [0, 0.05) is 6.54 Å². The molecule has 4 heteroatoms. The summed E-state index contributed by atoms with van der Waals surface area (Å²) < 4.78 is 5.73. The zero-order valence-electron chi connectivity index (χ0n) is 14.6. The third kappa shape index (κ3) is 4.02. The van der Waals surface area contributed by atoms with E-state index in [1.54, 1.807) is 31.2 Å². The minimum absolute atomic E-state index is 0.241. The number of carbonyl (C=O) groups excluding carboxylic acids is 1. The normalized spacial score (nSPS) is 17.2. The number of rotatable bonds is 6. The van der Waals surface area contributed by atoms with E-state index in [0.717, 1.165) is 43.8 Å². The first kappa shape index (κ1) is 17.5. The molecule has 132 valence electrons. The first-order chi connectivity index (χ1) is 12.1. The van der Waals surface area contributed by atoms with Gasteiger partial charge in [-0.25, -0.2) is 0 Å². The van der Waals surface area contributed by atoms with Gasteiger partial charge in [-0.15, -0.1) is 0 Å². The summed E-state index contributed by atoms with van der Waals surface area (Å²) in [6.45, 7) is 4.95. The molecule has 4 nitrogen and oxygen atoms in total. The molecule has 1 aliphatic heterocycles. The average molecular weight is 339 g/mol. The van der Waals surface area contributed by atoms with Crippen LogP contribution in [0.2, 0.25) is 0 Å². The minimum Gasteiger partial charge on any atom is -0.508 e. The Morgan fingerprint density at radius 1 is 1.08 bits per heavy atom. The fourth-order valence-corrected chi connectivity index (χ4v) is 3.59. The minimum atomic E-state index is -0.338. The first-order valence-corrected chi connectivity index (χ1v) is 8.81. The third-order valence-electron chi connectivity index (χ3n) is 5.22. The van der Waals surface area contributed by atoms with Gasteiger partial charge in [0.25, 0.3) is 0 Å². The highest BCUT2D eigenvalue weighted by Gasteiger charge is 2.40. The zero-order valence-corrected chi connectivity index (χ0v) is 14.6. The summed E-state index contributed by atoms with van der Waals surface area (Å²) in [5.41, 5.74) is 0.803. The van der Waals surface area contributed by atoms with Gasteiger partial charge in [-0.3, -0.25) is 9.69 Å². The number of likely N-dealkylation sites (tertiary alicyclic amines) is 1. The molecule has 1 heterocycles. The van der Waals surface area contributed by atoms with E-state index in [4.69, 9.17) is 4.74 Å². The Morgan fingerprint density at radius 3 is 2.32 bits per heavy atom. The summed E-state index contributed by atoms with van der Waals surface area (Å²) in [6.07, 6.45) is 1.71. The first-order valence-electron chi connectivity index (χ1n) is 8.81. The number of ketones is 1. The molecule has 25 heavy (non-hydrogen) atoms. The van der Waals surface area contributed by atoms with Crippen molar-refractivity contribution < 1.29 is 14.6 Å². The summed E-state index contributed by atoms with van der Waals surface area (Å²) in [5.74, 6) is 1.26. The second-order valence-corrected chi connectivity index (χ2v) is 6.69. The van der Waals surface area contributed by atoms with Gasteiger partial charge in [0.2, 0.25) is 0 Å². The van der Waals surface area contributed by atoms with Gasteiger partial charge >= 0.3 is 0 Å². The third-order valence-corrected chi connectivity index (χ3v) is 5.22. The average Bonchev–Trinajstić information content (AvgIpc) is 2.64. The summed E-state index contributed by atoms with van der Waals surface area (Å²) in [6, 6.07) is 16.9. The maximum Gasteiger partial charge on any atom is 0.140 e. The molecule has 0 bridgehead atoms. The second kappa shape index (κ2) is 7.70. The predicted molar refractivity (Wildman–Crippen MR) is 98.1 cm³/mol. The maximum atomic E-state index is 12.4. The molecule has 0 radical (unpaired) electrons. The van der Waals surface area contributed by atoms with E-state index < -0.39 is 0 Å². The van der Waals surface area contributed by atoms with E-state index in [9.17, 15) is 9.90 Å². The van der Waals surface area contributed by atoms with Crippen molar-refractivity contribution in [2.24, 2.45) is 0 Å².